The summed E-state index contributed by atoms with van der Waals surface area (Å²) in [4.78, 5) is 2.52. The molecule has 3 unspecified atom stereocenters. The Morgan fingerprint density at radius 3 is 2.67 bits per heavy atom. The molecule has 1 aliphatic rings. The molecule has 1 saturated heterocycles. The first-order valence-corrected chi connectivity index (χ1v) is 7.88. The van der Waals surface area contributed by atoms with Crippen LogP contribution in [0.4, 0.5) is 0 Å². The van der Waals surface area contributed by atoms with E-state index in [1.807, 2.05) is 12.1 Å². The van der Waals surface area contributed by atoms with E-state index in [0.717, 1.165) is 32.0 Å². The van der Waals surface area contributed by atoms with Crippen molar-refractivity contribution >= 4 is 0 Å². The lowest BCUT2D eigenvalue weighted by Gasteiger charge is -2.39. The number of likely N-dealkylation sites (N-methyl/N-ethyl adjacent to an activating group) is 1. The van der Waals surface area contributed by atoms with Gasteiger partial charge in [-0.05, 0) is 38.1 Å². The van der Waals surface area contributed by atoms with Crippen LogP contribution in [0.25, 0.3) is 0 Å². The minimum atomic E-state index is 0.319. The Hall–Kier alpha value is -1.10. The number of morpholine rings is 1. The van der Waals surface area contributed by atoms with Gasteiger partial charge in [0, 0.05) is 25.2 Å². The van der Waals surface area contributed by atoms with Crippen LogP contribution in [0.5, 0.6) is 5.75 Å². The van der Waals surface area contributed by atoms with Crippen LogP contribution in [0, 0.1) is 0 Å². The number of nitrogens with one attached hydrogen (secondary N) is 1. The molecule has 1 aromatic carbocycles. The van der Waals surface area contributed by atoms with E-state index in [2.05, 4.69) is 43.1 Å². The summed E-state index contributed by atoms with van der Waals surface area (Å²) in [5, 5.41) is 3.62. The van der Waals surface area contributed by atoms with E-state index < -0.39 is 0 Å². The molecule has 1 fully saturated rings. The first-order chi connectivity index (χ1) is 10.2. The molecule has 3 atom stereocenters. The number of rotatable bonds is 6. The van der Waals surface area contributed by atoms with Gasteiger partial charge >= 0.3 is 0 Å². The van der Waals surface area contributed by atoms with E-state index in [0.29, 0.717) is 18.2 Å². The highest BCUT2D eigenvalue weighted by molar-refractivity contribution is 5.30. The third kappa shape index (κ3) is 4.19. The van der Waals surface area contributed by atoms with Crippen LogP contribution in [0.2, 0.25) is 0 Å². The predicted molar refractivity (Wildman–Crippen MR) is 85.9 cm³/mol. The van der Waals surface area contributed by atoms with E-state index in [1.165, 1.54) is 5.56 Å². The van der Waals surface area contributed by atoms with Crippen molar-refractivity contribution in [1.82, 2.24) is 10.2 Å². The lowest BCUT2D eigenvalue weighted by Crippen LogP contribution is -2.50. The molecule has 2 rings (SSSR count). The maximum absolute atomic E-state index is 5.66. The highest BCUT2D eigenvalue weighted by atomic mass is 16.5. The molecule has 1 aromatic rings. The third-order valence-corrected chi connectivity index (χ3v) is 4.23. The fourth-order valence-electron chi connectivity index (χ4n) is 3.02. The first-order valence-electron chi connectivity index (χ1n) is 7.88. The first kappa shape index (κ1) is 16.3. The van der Waals surface area contributed by atoms with E-state index >= 15 is 0 Å². The lowest BCUT2D eigenvalue weighted by atomic mass is 9.98. The van der Waals surface area contributed by atoms with Crippen molar-refractivity contribution in [3.8, 4) is 5.75 Å². The Balaban J connectivity index is 2.12. The Morgan fingerprint density at radius 2 is 2.10 bits per heavy atom. The summed E-state index contributed by atoms with van der Waals surface area (Å²) in [6.45, 7) is 10.4. The quantitative estimate of drug-likeness (QED) is 0.873. The molecule has 1 heterocycles. The molecule has 0 aliphatic carbocycles. The van der Waals surface area contributed by atoms with E-state index in [4.69, 9.17) is 9.47 Å². The minimum Gasteiger partial charge on any atom is -0.497 e. The van der Waals surface area contributed by atoms with Crippen LogP contribution in [-0.4, -0.2) is 50.4 Å². The third-order valence-electron chi connectivity index (χ3n) is 4.23. The Bertz CT molecular complexity index is 421. The van der Waals surface area contributed by atoms with Gasteiger partial charge in [-0.3, -0.25) is 4.90 Å². The van der Waals surface area contributed by atoms with Crippen LogP contribution in [-0.2, 0) is 4.74 Å². The zero-order valence-corrected chi connectivity index (χ0v) is 13.6. The van der Waals surface area contributed by atoms with Crippen molar-refractivity contribution in [2.75, 3.05) is 33.4 Å². The van der Waals surface area contributed by atoms with E-state index in [9.17, 15) is 0 Å². The monoisotopic (exact) mass is 292 g/mol. The van der Waals surface area contributed by atoms with Crippen LogP contribution in [0.1, 0.15) is 32.4 Å². The SMILES string of the molecule is CCNC(c1ccc(OC)cc1)C(C)N1CCOC(C)C1. The molecular weight excluding hydrogens is 264 g/mol. The number of methoxy groups -OCH3 is 1. The summed E-state index contributed by atoms with van der Waals surface area (Å²) in [6, 6.07) is 9.15. The van der Waals surface area contributed by atoms with Crippen LogP contribution >= 0.6 is 0 Å². The van der Waals surface area contributed by atoms with Gasteiger partial charge in [-0.1, -0.05) is 19.1 Å². The second kappa shape index (κ2) is 7.78. The highest BCUT2D eigenvalue weighted by Crippen LogP contribution is 2.24. The molecule has 0 bridgehead atoms. The Labute approximate surface area is 128 Å². The summed E-state index contributed by atoms with van der Waals surface area (Å²) < 4.78 is 10.9. The van der Waals surface area contributed by atoms with Gasteiger partial charge < -0.3 is 14.8 Å². The van der Waals surface area contributed by atoms with Crippen molar-refractivity contribution in [2.24, 2.45) is 0 Å². The van der Waals surface area contributed by atoms with Gasteiger partial charge in [-0.25, -0.2) is 0 Å². The Morgan fingerprint density at radius 1 is 1.38 bits per heavy atom. The standard InChI is InChI=1S/C17H28N2O2/c1-5-18-17(15-6-8-16(20-4)9-7-15)14(3)19-10-11-21-13(2)12-19/h6-9,13-14,17-18H,5,10-12H2,1-4H3. The summed E-state index contributed by atoms with van der Waals surface area (Å²) in [7, 11) is 1.70. The van der Waals surface area contributed by atoms with Crippen molar-refractivity contribution < 1.29 is 9.47 Å². The van der Waals surface area contributed by atoms with E-state index in [-0.39, 0.29) is 0 Å². The van der Waals surface area contributed by atoms with Gasteiger partial charge in [0.1, 0.15) is 5.75 Å². The number of nitrogens with zero attached hydrogens (tertiary/aromatic N) is 1. The summed E-state index contributed by atoms with van der Waals surface area (Å²) in [5.41, 5.74) is 1.31. The van der Waals surface area contributed by atoms with Crippen LogP contribution in [0.15, 0.2) is 24.3 Å². The lowest BCUT2D eigenvalue weighted by molar-refractivity contribution is -0.0368. The molecule has 1 aliphatic heterocycles. The maximum atomic E-state index is 5.66. The molecule has 0 spiro atoms. The average molecular weight is 292 g/mol. The molecular formula is C17H28N2O2. The largest absolute Gasteiger partial charge is 0.497 e. The molecule has 4 heteroatoms. The minimum absolute atomic E-state index is 0.319. The Kier molecular flexibility index (Phi) is 6.03. The fraction of sp³-hybridized carbons (Fsp3) is 0.647. The number of ether oxygens (including phenoxy) is 2. The van der Waals surface area contributed by atoms with Gasteiger partial charge in [0.05, 0.1) is 19.8 Å². The molecule has 1 N–H and O–H groups in total. The van der Waals surface area contributed by atoms with Gasteiger partial charge in [-0.2, -0.15) is 0 Å². The molecule has 118 valence electrons. The van der Waals surface area contributed by atoms with Crippen molar-refractivity contribution in [3.63, 3.8) is 0 Å². The summed E-state index contributed by atoms with van der Waals surface area (Å²) in [6.07, 6.45) is 0.319. The maximum Gasteiger partial charge on any atom is 0.118 e. The normalized spacial score (nSPS) is 22.8. The second-order valence-corrected chi connectivity index (χ2v) is 5.73. The van der Waals surface area contributed by atoms with Gasteiger partial charge in [0.2, 0.25) is 0 Å². The smallest absolute Gasteiger partial charge is 0.118 e. The zero-order valence-electron chi connectivity index (χ0n) is 13.6. The molecule has 4 nitrogen and oxygen atoms in total. The van der Waals surface area contributed by atoms with Gasteiger partial charge in [0.25, 0.3) is 0 Å². The van der Waals surface area contributed by atoms with Crippen LogP contribution < -0.4 is 10.1 Å². The number of benzene rings is 1. The van der Waals surface area contributed by atoms with E-state index in [1.54, 1.807) is 7.11 Å². The summed E-state index contributed by atoms with van der Waals surface area (Å²) >= 11 is 0. The predicted octanol–water partition coefficient (Wildman–Crippen LogP) is 2.46. The average Bonchev–Trinajstić information content (AvgIpc) is 2.52. The number of hydrogen-bond donors (Lipinski definition) is 1. The molecule has 21 heavy (non-hydrogen) atoms. The molecule has 0 radical (unpaired) electrons. The van der Waals surface area contributed by atoms with Gasteiger partial charge in [0.15, 0.2) is 0 Å². The van der Waals surface area contributed by atoms with Crippen molar-refractivity contribution in [1.29, 1.82) is 0 Å². The molecule has 0 aromatic heterocycles. The topological polar surface area (TPSA) is 33.7 Å². The van der Waals surface area contributed by atoms with Crippen LogP contribution in [0.3, 0.4) is 0 Å². The summed E-state index contributed by atoms with van der Waals surface area (Å²) in [5.74, 6) is 0.904. The highest BCUT2D eigenvalue weighted by Gasteiger charge is 2.27. The number of hydrogen-bond acceptors (Lipinski definition) is 4. The molecule has 0 saturated carbocycles. The van der Waals surface area contributed by atoms with Crippen molar-refractivity contribution in [2.45, 2.75) is 39.0 Å². The second-order valence-electron chi connectivity index (χ2n) is 5.73. The van der Waals surface area contributed by atoms with Crippen molar-refractivity contribution in [3.05, 3.63) is 29.8 Å². The van der Waals surface area contributed by atoms with Gasteiger partial charge in [-0.15, -0.1) is 0 Å². The zero-order chi connectivity index (χ0) is 15.2. The fourth-order valence-corrected chi connectivity index (χ4v) is 3.02. The molecule has 0 amide bonds.